The summed E-state index contributed by atoms with van der Waals surface area (Å²) in [6, 6.07) is 16.9. The van der Waals surface area contributed by atoms with E-state index in [1.807, 2.05) is 14.1 Å². The average molecular weight is 283 g/mol. The van der Waals surface area contributed by atoms with Crippen LogP contribution in [-0.2, 0) is 6.54 Å². The Hall–Kier alpha value is -1.84. The lowest BCUT2D eigenvalue weighted by Gasteiger charge is -2.18. The summed E-state index contributed by atoms with van der Waals surface area (Å²) in [6.07, 6.45) is 0. The Balaban J connectivity index is 2.19. The van der Waals surface area contributed by atoms with Crippen LogP contribution in [0.1, 0.15) is 22.7 Å². The fourth-order valence-corrected chi connectivity index (χ4v) is 2.38. The Morgan fingerprint density at radius 3 is 2.14 bits per heavy atom. The van der Waals surface area contributed by atoms with Gasteiger partial charge in [-0.25, -0.2) is 0 Å². The summed E-state index contributed by atoms with van der Waals surface area (Å²) in [5.74, 6) is 0. The Morgan fingerprint density at radius 2 is 1.57 bits per heavy atom. The predicted octanol–water partition coefficient (Wildman–Crippen LogP) is 2.86. The van der Waals surface area contributed by atoms with Gasteiger partial charge in [-0.05, 0) is 42.9 Å². The fourth-order valence-electron chi connectivity index (χ4n) is 2.38. The van der Waals surface area contributed by atoms with Crippen molar-refractivity contribution in [2.75, 3.05) is 33.1 Å². The third-order valence-electron chi connectivity index (χ3n) is 3.58. The van der Waals surface area contributed by atoms with Gasteiger partial charge in [-0.3, -0.25) is 0 Å². The highest BCUT2D eigenvalue weighted by molar-refractivity contribution is 5.49. The van der Waals surface area contributed by atoms with Crippen molar-refractivity contribution in [3.63, 3.8) is 0 Å². The van der Waals surface area contributed by atoms with Crippen molar-refractivity contribution < 1.29 is 0 Å². The number of benzene rings is 2. The standard InChI is InChI=1S/C18H25N3/c1-20(2)13-14-8-10-15(11-9-14)18(19)16-6-5-7-17(12-16)21(3)4/h5-12,18H,13,19H2,1-4H3. The van der Waals surface area contributed by atoms with Crippen LogP contribution in [0.3, 0.4) is 0 Å². The number of hydrogen-bond acceptors (Lipinski definition) is 3. The number of hydrogen-bond donors (Lipinski definition) is 1. The Bertz CT molecular complexity index is 573. The van der Waals surface area contributed by atoms with E-state index in [4.69, 9.17) is 5.73 Å². The molecule has 0 fully saturated rings. The summed E-state index contributed by atoms with van der Waals surface area (Å²) in [7, 11) is 8.24. The van der Waals surface area contributed by atoms with Crippen molar-refractivity contribution >= 4 is 5.69 Å². The maximum absolute atomic E-state index is 6.41. The van der Waals surface area contributed by atoms with Gasteiger partial charge >= 0.3 is 0 Å². The summed E-state index contributed by atoms with van der Waals surface area (Å²) < 4.78 is 0. The molecule has 2 N–H and O–H groups in total. The van der Waals surface area contributed by atoms with E-state index in [9.17, 15) is 0 Å². The van der Waals surface area contributed by atoms with E-state index in [-0.39, 0.29) is 6.04 Å². The normalized spacial score (nSPS) is 12.5. The number of rotatable bonds is 5. The molecule has 1 unspecified atom stereocenters. The molecule has 0 bridgehead atoms. The van der Waals surface area contributed by atoms with Crippen LogP contribution in [-0.4, -0.2) is 33.1 Å². The molecule has 0 aliphatic rings. The van der Waals surface area contributed by atoms with E-state index in [2.05, 4.69) is 72.4 Å². The van der Waals surface area contributed by atoms with Gasteiger partial charge in [0, 0.05) is 26.3 Å². The molecule has 0 saturated heterocycles. The van der Waals surface area contributed by atoms with Gasteiger partial charge in [0.2, 0.25) is 0 Å². The summed E-state index contributed by atoms with van der Waals surface area (Å²) in [5.41, 5.74) is 11.2. The number of nitrogens with two attached hydrogens (primary N) is 1. The molecule has 0 aliphatic heterocycles. The zero-order valence-corrected chi connectivity index (χ0v) is 13.4. The van der Waals surface area contributed by atoms with E-state index >= 15 is 0 Å². The lowest BCUT2D eigenvalue weighted by Crippen LogP contribution is -2.14. The monoisotopic (exact) mass is 283 g/mol. The van der Waals surface area contributed by atoms with Gasteiger partial charge < -0.3 is 15.5 Å². The third-order valence-corrected chi connectivity index (χ3v) is 3.58. The Morgan fingerprint density at radius 1 is 0.905 bits per heavy atom. The van der Waals surface area contributed by atoms with Crippen LogP contribution in [0, 0.1) is 0 Å². The molecule has 0 aromatic heterocycles. The average Bonchev–Trinajstić information content (AvgIpc) is 2.47. The summed E-state index contributed by atoms with van der Waals surface area (Å²) in [6.45, 7) is 0.950. The molecular formula is C18H25N3. The molecular weight excluding hydrogens is 258 g/mol. The lowest BCUT2D eigenvalue weighted by molar-refractivity contribution is 0.402. The highest BCUT2D eigenvalue weighted by atomic mass is 15.1. The zero-order chi connectivity index (χ0) is 15.4. The van der Waals surface area contributed by atoms with Crippen LogP contribution < -0.4 is 10.6 Å². The minimum Gasteiger partial charge on any atom is -0.378 e. The highest BCUT2D eigenvalue weighted by Gasteiger charge is 2.10. The topological polar surface area (TPSA) is 32.5 Å². The van der Waals surface area contributed by atoms with Crippen molar-refractivity contribution in [2.45, 2.75) is 12.6 Å². The van der Waals surface area contributed by atoms with Crippen molar-refractivity contribution in [3.8, 4) is 0 Å². The van der Waals surface area contributed by atoms with Crippen LogP contribution in [0.25, 0.3) is 0 Å². The van der Waals surface area contributed by atoms with E-state index in [0.29, 0.717) is 0 Å². The van der Waals surface area contributed by atoms with E-state index < -0.39 is 0 Å². The van der Waals surface area contributed by atoms with Gasteiger partial charge in [0.05, 0.1) is 6.04 Å². The van der Waals surface area contributed by atoms with Crippen molar-refractivity contribution in [1.29, 1.82) is 0 Å². The first-order valence-electron chi connectivity index (χ1n) is 7.24. The highest BCUT2D eigenvalue weighted by Crippen LogP contribution is 2.23. The summed E-state index contributed by atoms with van der Waals surface area (Å²) in [4.78, 5) is 4.26. The molecule has 0 saturated carbocycles. The van der Waals surface area contributed by atoms with Crippen molar-refractivity contribution in [2.24, 2.45) is 5.73 Å². The Labute approximate surface area is 128 Å². The van der Waals surface area contributed by atoms with E-state index in [0.717, 1.165) is 17.7 Å². The predicted molar refractivity (Wildman–Crippen MR) is 90.6 cm³/mol. The lowest BCUT2D eigenvalue weighted by atomic mass is 9.98. The van der Waals surface area contributed by atoms with Crippen LogP contribution in [0.2, 0.25) is 0 Å². The smallest absolute Gasteiger partial charge is 0.0552 e. The molecule has 0 heterocycles. The largest absolute Gasteiger partial charge is 0.378 e. The van der Waals surface area contributed by atoms with Crippen LogP contribution in [0.15, 0.2) is 48.5 Å². The molecule has 2 aromatic rings. The molecule has 0 radical (unpaired) electrons. The van der Waals surface area contributed by atoms with Gasteiger partial charge in [-0.1, -0.05) is 36.4 Å². The van der Waals surface area contributed by atoms with Gasteiger partial charge in [-0.15, -0.1) is 0 Å². The second kappa shape index (κ2) is 6.74. The second-order valence-electron chi connectivity index (χ2n) is 5.95. The van der Waals surface area contributed by atoms with Crippen molar-refractivity contribution in [3.05, 3.63) is 65.2 Å². The third kappa shape index (κ3) is 4.06. The van der Waals surface area contributed by atoms with Gasteiger partial charge in [0.15, 0.2) is 0 Å². The van der Waals surface area contributed by atoms with E-state index in [1.165, 1.54) is 11.3 Å². The first-order valence-corrected chi connectivity index (χ1v) is 7.24. The molecule has 0 aliphatic carbocycles. The second-order valence-corrected chi connectivity index (χ2v) is 5.95. The maximum Gasteiger partial charge on any atom is 0.0552 e. The zero-order valence-electron chi connectivity index (χ0n) is 13.4. The van der Waals surface area contributed by atoms with Crippen LogP contribution in [0.5, 0.6) is 0 Å². The van der Waals surface area contributed by atoms with Gasteiger partial charge in [0.25, 0.3) is 0 Å². The van der Waals surface area contributed by atoms with Crippen molar-refractivity contribution in [1.82, 2.24) is 4.90 Å². The molecule has 3 nitrogen and oxygen atoms in total. The molecule has 0 amide bonds. The van der Waals surface area contributed by atoms with Gasteiger partial charge in [-0.2, -0.15) is 0 Å². The quantitative estimate of drug-likeness (QED) is 0.916. The summed E-state index contributed by atoms with van der Waals surface area (Å²) >= 11 is 0. The molecule has 21 heavy (non-hydrogen) atoms. The SMILES string of the molecule is CN(C)Cc1ccc(C(N)c2cccc(N(C)C)c2)cc1. The minimum atomic E-state index is -0.0849. The maximum atomic E-state index is 6.41. The fraction of sp³-hybridized carbons (Fsp3) is 0.333. The molecule has 2 aromatic carbocycles. The molecule has 112 valence electrons. The first-order chi connectivity index (χ1) is 9.97. The van der Waals surface area contributed by atoms with Crippen LogP contribution >= 0.6 is 0 Å². The molecule has 1 atom stereocenters. The Kier molecular flexibility index (Phi) is 4.99. The summed E-state index contributed by atoms with van der Waals surface area (Å²) in [5, 5.41) is 0. The molecule has 3 heteroatoms. The van der Waals surface area contributed by atoms with Gasteiger partial charge in [0.1, 0.15) is 0 Å². The number of nitrogens with zero attached hydrogens (tertiary/aromatic N) is 2. The van der Waals surface area contributed by atoms with E-state index in [1.54, 1.807) is 0 Å². The first kappa shape index (κ1) is 15.5. The molecule has 0 spiro atoms. The number of anilines is 1. The van der Waals surface area contributed by atoms with Crippen LogP contribution in [0.4, 0.5) is 5.69 Å². The minimum absolute atomic E-state index is 0.0849. The molecule has 2 rings (SSSR count).